The minimum Gasteiger partial charge on any atom is -0.465 e. The topological polar surface area (TPSA) is 108 Å². The lowest BCUT2D eigenvalue weighted by atomic mass is 9.82. The molecule has 2 saturated carbocycles. The van der Waals surface area contributed by atoms with Crippen molar-refractivity contribution in [3.05, 3.63) is 25.3 Å². The summed E-state index contributed by atoms with van der Waals surface area (Å²) in [6.07, 6.45) is 10.6. The Morgan fingerprint density at radius 3 is 1.61 bits per heavy atom. The lowest BCUT2D eigenvalue weighted by molar-refractivity contribution is -0.152. The van der Waals surface area contributed by atoms with Crippen LogP contribution in [0.2, 0.25) is 0 Å². The zero-order valence-electron chi connectivity index (χ0n) is 25.2. The number of ether oxygens (including phenoxy) is 4. The van der Waals surface area contributed by atoms with Crippen LogP contribution in [0.1, 0.15) is 78.1 Å². The Morgan fingerprint density at radius 2 is 1.17 bits per heavy atom. The van der Waals surface area contributed by atoms with Crippen LogP contribution in [0.5, 0.6) is 0 Å². The van der Waals surface area contributed by atoms with E-state index in [4.69, 9.17) is 18.9 Å². The van der Waals surface area contributed by atoms with Gasteiger partial charge in [-0.1, -0.05) is 39.8 Å². The van der Waals surface area contributed by atoms with Crippen LogP contribution in [0.3, 0.4) is 0 Å². The lowest BCUT2D eigenvalue weighted by Crippen LogP contribution is -2.35. The Labute approximate surface area is 246 Å². The Bertz CT molecular complexity index is 855. The average molecular weight is 578 g/mol. The maximum Gasteiger partial charge on any atom is 0.330 e. The van der Waals surface area contributed by atoms with Crippen LogP contribution >= 0.6 is 0 Å². The van der Waals surface area contributed by atoms with Gasteiger partial charge in [-0.05, 0) is 81.7 Å². The molecule has 232 valence electrons. The maximum absolute atomic E-state index is 13.2. The Kier molecular flexibility index (Phi) is 16.4. The van der Waals surface area contributed by atoms with Crippen molar-refractivity contribution in [3.63, 3.8) is 0 Å². The van der Waals surface area contributed by atoms with Gasteiger partial charge >= 0.3 is 23.9 Å². The SMILES string of the molecule is C=CC(=O)OCC1CCCC(COC(=O)CCC(CN(CC)CC)C(=O)OCC2CCCC(COC(=O)C=C)C2)C1. The van der Waals surface area contributed by atoms with E-state index in [0.29, 0.717) is 39.4 Å². The van der Waals surface area contributed by atoms with Gasteiger partial charge in [0, 0.05) is 25.1 Å². The molecule has 0 radical (unpaired) electrons. The fourth-order valence-corrected chi connectivity index (χ4v) is 5.90. The molecule has 5 atom stereocenters. The summed E-state index contributed by atoms with van der Waals surface area (Å²) in [5, 5.41) is 0. The van der Waals surface area contributed by atoms with Gasteiger partial charge < -0.3 is 23.8 Å². The van der Waals surface area contributed by atoms with Gasteiger partial charge in [-0.15, -0.1) is 0 Å². The predicted molar refractivity (Wildman–Crippen MR) is 156 cm³/mol. The molecule has 0 aromatic carbocycles. The first-order chi connectivity index (χ1) is 19.8. The Morgan fingerprint density at radius 1 is 0.732 bits per heavy atom. The molecule has 0 bridgehead atoms. The predicted octanol–water partition coefficient (Wildman–Crippen LogP) is 4.88. The summed E-state index contributed by atoms with van der Waals surface area (Å²) in [5.41, 5.74) is 0. The van der Waals surface area contributed by atoms with Crippen LogP contribution in [0, 0.1) is 29.6 Å². The second-order valence-electron chi connectivity index (χ2n) is 11.5. The van der Waals surface area contributed by atoms with E-state index in [2.05, 4.69) is 31.9 Å². The minimum absolute atomic E-state index is 0.161. The van der Waals surface area contributed by atoms with Crippen LogP contribution < -0.4 is 0 Å². The summed E-state index contributed by atoms with van der Waals surface area (Å²) in [4.78, 5) is 50.7. The molecule has 0 amide bonds. The Hall–Kier alpha value is -2.68. The second kappa shape index (κ2) is 19.4. The summed E-state index contributed by atoms with van der Waals surface area (Å²) in [7, 11) is 0. The molecule has 5 unspecified atom stereocenters. The first-order valence-electron chi connectivity index (χ1n) is 15.4. The first-order valence-corrected chi connectivity index (χ1v) is 15.4. The molecule has 0 aliphatic heterocycles. The molecular weight excluding hydrogens is 526 g/mol. The third-order valence-electron chi connectivity index (χ3n) is 8.38. The molecule has 0 saturated heterocycles. The molecule has 9 nitrogen and oxygen atoms in total. The molecule has 9 heteroatoms. The number of hydrogen-bond acceptors (Lipinski definition) is 9. The van der Waals surface area contributed by atoms with E-state index in [1.807, 2.05) is 0 Å². The summed E-state index contributed by atoms with van der Waals surface area (Å²) >= 11 is 0. The van der Waals surface area contributed by atoms with Crippen molar-refractivity contribution in [3.8, 4) is 0 Å². The normalized spacial score (nSPS) is 23.2. The van der Waals surface area contributed by atoms with Crippen LogP contribution in [-0.4, -0.2) is 74.8 Å². The van der Waals surface area contributed by atoms with Gasteiger partial charge in [0.2, 0.25) is 0 Å². The summed E-state index contributed by atoms with van der Waals surface area (Å²) in [5.74, 6) is -0.785. The van der Waals surface area contributed by atoms with E-state index in [0.717, 1.165) is 64.5 Å². The van der Waals surface area contributed by atoms with Gasteiger partial charge in [0.05, 0.1) is 32.3 Å². The van der Waals surface area contributed by atoms with Crippen LogP contribution in [-0.2, 0) is 38.1 Å². The van der Waals surface area contributed by atoms with E-state index >= 15 is 0 Å². The molecule has 2 fully saturated rings. The average Bonchev–Trinajstić information content (AvgIpc) is 3.00. The fourth-order valence-electron chi connectivity index (χ4n) is 5.90. The highest BCUT2D eigenvalue weighted by molar-refractivity contribution is 5.81. The minimum atomic E-state index is -0.411. The summed E-state index contributed by atoms with van der Waals surface area (Å²) in [6.45, 7) is 14.5. The quantitative estimate of drug-likeness (QED) is 0.128. The molecule has 0 aromatic rings. The third kappa shape index (κ3) is 13.7. The van der Waals surface area contributed by atoms with Gasteiger partial charge in [-0.2, -0.15) is 0 Å². The van der Waals surface area contributed by atoms with E-state index in [1.165, 1.54) is 12.2 Å². The van der Waals surface area contributed by atoms with E-state index in [9.17, 15) is 19.2 Å². The van der Waals surface area contributed by atoms with Crippen LogP contribution in [0.4, 0.5) is 0 Å². The van der Waals surface area contributed by atoms with E-state index in [1.54, 1.807) is 0 Å². The fraction of sp³-hybridized carbons (Fsp3) is 0.750. The van der Waals surface area contributed by atoms with Crippen molar-refractivity contribution in [2.75, 3.05) is 46.1 Å². The highest BCUT2D eigenvalue weighted by Gasteiger charge is 2.28. The molecule has 0 spiro atoms. The molecule has 41 heavy (non-hydrogen) atoms. The van der Waals surface area contributed by atoms with Gasteiger partial charge in [0.15, 0.2) is 0 Å². The molecule has 2 rings (SSSR count). The maximum atomic E-state index is 13.2. The van der Waals surface area contributed by atoms with Crippen molar-refractivity contribution in [2.45, 2.75) is 78.1 Å². The zero-order chi connectivity index (χ0) is 30.0. The summed E-state index contributed by atoms with van der Waals surface area (Å²) in [6, 6.07) is 0. The van der Waals surface area contributed by atoms with Crippen molar-refractivity contribution in [1.82, 2.24) is 4.90 Å². The van der Waals surface area contributed by atoms with E-state index in [-0.39, 0.29) is 42.0 Å². The number of esters is 4. The van der Waals surface area contributed by atoms with Gasteiger partial charge in [-0.3, -0.25) is 9.59 Å². The number of hydrogen-bond donors (Lipinski definition) is 0. The van der Waals surface area contributed by atoms with Crippen LogP contribution in [0.25, 0.3) is 0 Å². The lowest BCUT2D eigenvalue weighted by Gasteiger charge is -2.29. The summed E-state index contributed by atoms with van der Waals surface area (Å²) < 4.78 is 21.8. The van der Waals surface area contributed by atoms with Gasteiger partial charge in [-0.25, -0.2) is 9.59 Å². The Balaban J connectivity index is 1.80. The molecular formula is C32H51NO8. The largest absolute Gasteiger partial charge is 0.465 e. The monoisotopic (exact) mass is 577 g/mol. The number of carbonyl (C=O) groups excluding carboxylic acids is 4. The van der Waals surface area contributed by atoms with E-state index < -0.39 is 17.9 Å². The first kappa shape index (κ1) is 34.5. The van der Waals surface area contributed by atoms with Gasteiger partial charge in [0.25, 0.3) is 0 Å². The van der Waals surface area contributed by atoms with Crippen molar-refractivity contribution in [1.29, 1.82) is 0 Å². The highest BCUT2D eigenvalue weighted by atomic mass is 16.5. The smallest absolute Gasteiger partial charge is 0.330 e. The van der Waals surface area contributed by atoms with Crippen molar-refractivity contribution < 1.29 is 38.1 Å². The van der Waals surface area contributed by atoms with Crippen molar-refractivity contribution >= 4 is 23.9 Å². The molecule has 2 aliphatic rings. The number of carbonyl (C=O) groups is 4. The molecule has 0 aromatic heterocycles. The highest BCUT2D eigenvalue weighted by Crippen LogP contribution is 2.31. The zero-order valence-corrected chi connectivity index (χ0v) is 25.2. The standard InChI is InChI=1S/C32H51NO8/c1-5-29(34)38-20-24-11-9-13-26(17-24)22-40-31(36)16-15-28(19-33(7-3)8-4)32(37)41-23-27-14-10-12-25(18-27)21-39-30(35)6-2/h5-6,24-28H,1-2,7-23H2,3-4H3. The van der Waals surface area contributed by atoms with Crippen molar-refractivity contribution in [2.24, 2.45) is 29.6 Å². The number of nitrogens with zero attached hydrogens (tertiary/aromatic N) is 1. The molecule has 2 aliphatic carbocycles. The molecule has 0 heterocycles. The number of rotatable bonds is 18. The third-order valence-corrected chi connectivity index (χ3v) is 8.38. The van der Waals surface area contributed by atoms with Crippen LogP contribution in [0.15, 0.2) is 25.3 Å². The second-order valence-corrected chi connectivity index (χ2v) is 11.5. The van der Waals surface area contributed by atoms with Gasteiger partial charge in [0.1, 0.15) is 0 Å². The molecule has 0 N–H and O–H groups in total.